The summed E-state index contributed by atoms with van der Waals surface area (Å²) in [7, 11) is 0. The zero-order chi connectivity index (χ0) is 17.1. The summed E-state index contributed by atoms with van der Waals surface area (Å²) in [6.45, 7) is 2.21. The molecule has 0 aromatic carbocycles. The van der Waals surface area contributed by atoms with E-state index in [-0.39, 0.29) is 18.1 Å². The Morgan fingerprint density at radius 2 is 2.08 bits per heavy atom. The molecule has 0 aliphatic carbocycles. The predicted molar refractivity (Wildman–Crippen MR) is 90.0 cm³/mol. The second kappa shape index (κ2) is 7.10. The maximum atomic E-state index is 12.5. The van der Waals surface area contributed by atoms with E-state index in [9.17, 15) is 4.79 Å². The number of nitrogens with one attached hydrogen (secondary N) is 1. The van der Waals surface area contributed by atoms with Gasteiger partial charge in [0.1, 0.15) is 0 Å². The number of nitrogens with zero attached hydrogens (tertiary/aromatic N) is 5. The fourth-order valence-electron chi connectivity index (χ4n) is 3.63. The largest absolute Gasteiger partial charge is 0.376 e. The van der Waals surface area contributed by atoms with E-state index in [1.54, 1.807) is 24.5 Å². The van der Waals surface area contributed by atoms with Crippen LogP contribution in [0.1, 0.15) is 23.2 Å². The van der Waals surface area contributed by atoms with Gasteiger partial charge in [-0.25, -0.2) is 9.97 Å². The molecule has 1 amide bonds. The standard InChI is InChI=1S/C17H20N6O2/c24-16(12-4-7-20-21-9-12)22-14-11-23(17-18-5-2-6-19-17)10-13-3-1-8-25-15(13)14/h2,4-7,9,13-15H,1,3,8,10-11H2,(H,22,24)/t13-,14+,15-/m0/s1. The van der Waals surface area contributed by atoms with Crippen molar-refractivity contribution in [1.29, 1.82) is 0 Å². The number of carbonyl (C=O) groups excluding carboxylic acids is 1. The van der Waals surface area contributed by atoms with Gasteiger partial charge in [-0.3, -0.25) is 4.79 Å². The van der Waals surface area contributed by atoms with Crippen molar-refractivity contribution in [2.45, 2.75) is 25.0 Å². The molecule has 8 nitrogen and oxygen atoms in total. The second-order valence-corrected chi connectivity index (χ2v) is 6.40. The van der Waals surface area contributed by atoms with Gasteiger partial charge in [-0.2, -0.15) is 10.2 Å². The average molecular weight is 340 g/mol. The van der Waals surface area contributed by atoms with Gasteiger partial charge >= 0.3 is 0 Å². The highest BCUT2D eigenvalue weighted by Gasteiger charge is 2.40. The first kappa shape index (κ1) is 15.9. The Balaban J connectivity index is 1.54. The molecule has 3 atom stereocenters. The minimum absolute atomic E-state index is 0.0208. The lowest BCUT2D eigenvalue weighted by molar-refractivity contribution is -0.0523. The van der Waals surface area contributed by atoms with Crippen LogP contribution in [0.5, 0.6) is 0 Å². The Bertz CT molecular complexity index is 714. The summed E-state index contributed by atoms with van der Waals surface area (Å²) in [6.07, 6.45) is 8.60. The van der Waals surface area contributed by atoms with Crippen molar-refractivity contribution in [3.63, 3.8) is 0 Å². The third-order valence-corrected chi connectivity index (χ3v) is 4.76. The van der Waals surface area contributed by atoms with Crippen LogP contribution in [0.2, 0.25) is 0 Å². The molecule has 0 bridgehead atoms. The lowest BCUT2D eigenvalue weighted by atomic mass is 9.85. The summed E-state index contributed by atoms with van der Waals surface area (Å²) in [5.41, 5.74) is 0.496. The van der Waals surface area contributed by atoms with E-state index in [0.29, 0.717) is 24.0 Å². The van der Waals surface area contributed by atoms with Crippen LogP contribution >= 0.6 is 0 Å². The van der Waals surface area contributed by atoms with E-state index in [2.05, 4.69) is 30.4 Å². The molecular formula is C17H20N6O2. The number of fused-ring (bicyclic) bond motifs is 1. The topological polar surface area (TPSA) is 93.1 Å². The fraction of sp³-hybridized carbons (Fsp3) is 0.471. The zero-order valence-corrected chi connectivity index (χ0v) is 13.8. The Morgan fingerprint density at radius 3 is 2.88 bits per heavy atom. The van der Waals surface area contributed by atoms with Crippen molar-refractivity contribution in [1.82, 2.24) is 25.5 Å². The van der Waals surface area contributed by atoms with E-state index in [1.807, 2.05) is 0 Å². The monoisotopic (exact) mass is 340 g/mol. The molecule has 2 aromatic heterocycles. The Morgan fingerprint density at radius 1 is 1.20 bits per heavy atom. The van der Waals surface area contributed by atoms with Gasteiger partial charge in [0.2, 0.25) is 5.95 Å². The second-order valence-electron chi connectivity index (χ2n) is 6.40. The number of ether oxygens (including phenoxy) is 1. The number of piperidine rings is 1. The van der Waals surface area contributed by atoms with Crippen LogP contribution in [0.4, 0.5) is 5.95 Å². The normalized spacial score (nSPS) is 25.9. The van der Waals surface area contributed by atoms with Crippen molar-refractivity contribution >= 4 is 11.9 Å². The molecule has 2 fully saturated rings. The van der Waals surface area contributed by atoms with Crippen molar-refractivity contribution in [2.75, 3.05) is 24.6 Å². The molecule has 0 unspecified atom stereocenters. The third-order valence-electron chi connectivity index (χ3n) is 4.76. The van der Waals surface area contributed by atoms with E-state index < -0.39 is 0 Å². The van der Waals surface area contributed by atoms with Gasteiger partial charge in [0.05, 0.1) is 30.1 Å². The van der Waals surface area contributed by atoms with Crippen LogP contribution in [-0.2, 0) is 4.74 Å². The Kier molecular flexibility index (Phi) is 4.51. The average Bonchev–Trinajstić information content (AvgIpc) is 2.69. The highest BCUT2D eigenvalue weighted by Crippen LogP contribution is 2.30. The first-order valence-electron chi connectivity index (χ1n) is 8.52. The third kappa shape index (κ3) is 3.43. The number of aromatic nitrogens is 4. The minimum Gasteiger partial charge on any atom is -0.376 e. The Labute approximate surface area is 145 Å². The molecule has 8 heteroatoms. The van der Waals surface area contributed by atoms with E-state index in [0.717, 1.165) is 26.0 Å². The van der Waals surface area contributed by atoms with Crippen LogP contribution in [0.25, 0.3) is 0 Å². The van der Waals surface area contributed by atoms with Gasteiger partial charge in [-0.15, -0.1) is 0 Å². The highest BCUT2D eigenvalue weighted by molar-refractivity contribution is 5.94. The summed E-state index contributed by atoms with van der Waals surface area (Å²) in [6, 6.07) is 3.33. The fourth-order valence-corrected chi connectivity index (χ4v) is 3.63. The number of anilines is 1. The SMILES string of the molecule is O=C(N[C@@H]1CN(c2ncccn2)C[C@@H]2CCCO[C@@H]21)c1ccnnc1. The molecule has 2 aromatic rings. The van der Waals surface area contributed by atoms with Crippen LogP contribution in [0.3, 0.4) is 0 Å². The molecule has 4 rings (SSSR count). The first-order chi connectivity index (χ1) is 12.3. The number of amides is 1. The minimum atomic E-state index is -0.163. The molecule has 2 saturated heterocycles. The van der Waals surface area contributed by atoms with Gasteiger partial charge in [0.25, 0.3) is 5.91 Å². The maximum absolute atomic E-state index is 12.5. The number of hydrogen-bond acceptors (Lipinski definition) is 7. The lowest BCUT2D eigenvalue weighted by Crippen LogP contribution is -2.61. The van der Waals surface area contributed by atoms with Crippen molar-refractivity contribution in [3.8, 4) is 0 Å². The molecule has 4 heterocycles. The van der Waals surface area contributed by atoms with Gasteiger partial charge < -0.3 is 15.0 Å². The van der Waals surface area contributed by atoms with Crippen LogP contribution in [0.15, 0.2) is 36.9 Å². The van der Waals surface area contributed by atoms with Crippen LogP contribution in [-0.4, -0.2) is 57.9 Å². The van der Waals surface area contributed by atoms with Gasteiger partial charge in [-0.1, -0.05) is 0 Å². The molecule has 130 valence electrons. The number of hydrogen-bond donors (Lipinski definition) is 1. The first-order valence-corrected chi connectivity index (χ1v) is 8.52. The van der Waals surface area contributed by atoms with Crippen molar-refractivity contribution in [2.24, 2.45) is 5.92 Å². The summed E-state index contributed by atoms with van der Waals surface area (Å²) >= 11 is 0. The molecule has 25 heavy (non-hydrogen) atoms. The molecule has 0 spiro atoms. The Hall–Kier alpha value is -2.61. The number of rotatable bonds is 3. The van der Waals surface area contributed by atoms with Crippen molar-refractivity contribution in [3.05, 3.63) is 42.5 Å². The molecule has 0 saturated carbocycles. The van der Waals surface area contributed by atoms with E-state index in [1.165, 1.54) is 12.4 Å². The van der Waals surface area contributed by atoms with Gasteiger partial charge in [0, 0.05) is 38.0 Å². The molecular weight excluding hydrogens is 320 g/mol. The number of carbonyl (C=O) groups is 1. The van der Waals surface area contributed by atoms with Crippen molar-refractivity contribution < 1.29 is 9.53 Å². The lowest BCUT2D eigenvalue weighted by Gasteiger charge is -2.45. The van der Waals surface area contributed by atoms with Crippen LogP contribution in [0, 0.1) is 5.92 Å². The molecule has 2 aliphatic heterocycles. The highest BCUT2D eigenvalue weighted by atomic mass is 16.5. The van der Waals surface area contributed by atoms with E-state index >= 15 is 0 Å². The van der Waals surface area contributed by atoms with Gasteiger partial charge in [-0.05, 0) is 25.0 Å². The maximum Gasteiger partial charge on any atom is 0.253 e. The quantitative estimate of drug-likeness (QED) is 0.878. The summed E-state index contributed by atoms with van der Waals surface area (Å²) in [4.78, 5) is 23.4. The molecule has 2 aliphatic rings. The summed E-state index contributed by atoms with van der Waals surface area (Å²) in [5, 5.41) is 10.6. The molecule has 0 radical (unpaired) electrons. The van der Waals surface area contributed by atoms with Crippen LogP contribution < -0.4 is 10.2 Å². The van der Waals surface area contributed by atoms with Gasteiger partial charge in [0.15, 0.2) is 0 Å². The molecule has 1 N–H and O–H groups in total. The summed E-state index contributed by atoms with van der Waals surface area (Å²) in [5.74, 6) is 0.882. The zero-order valence-electron chi connectivity index (χ0n) is 13.8. The predicted octanol–water partition coefficient (Wildman–Crippen LogP) is 0.680. The van der Waals surface area contributed by atoms with E-state index in [4.69, 9.17) is 4.74 Å². The smallest absolute Gasteiger partial charge is 0.253 e. The summed E-state index contributed by atoms with van der Waals surface area (Å²) < 4.78 is 6.01.